The van der Waals surface area contributed by atoms with Crippen molar-refractivity contribution in [2.45, 2.75) is 52.1 Å². The van der Waals surface area contributed by atoms with Crippen molar-refractivity contribution in [3.8, 4) is 0 Å². The van der Waals surface area contributed by atoms with E-state index in [4.69, 9.17) is 5.73 Å². The molecular weight excluding hydrogens is 210 g/mol. The molecule has 0 aromatic carbocycles. The summed E-state index contributed by atoms with van der Waals surface area (Å²) in [5, 5.41) is 0. The van der Waals surface area contributed by atoms with Crippen LogP contribution < -0.4 is 5.73 Å². The van der Waals surface area contributed by atoms with Gasteiger partial charge in [-0.1, -0.05) is 13.8 Å². The second-order valence-electron chi connectivity index (χ2n) is 6.46. The molecule has 1 heterocycles. The molecule has 2 rings (SSSR count). The van der Waals surface area contributed by atoms with E-state index < -0.39 is 0 Å². The molecule has 2 N–H and O–H groups in total. The van der Waals surface area contributed by atoms with Gasteiger partial charge in [-0.25, -0.2) is 0 Å². The summed E-state index contributed by atoms with van der Waals surface area (Å²) in [4.78, 5) is 5.24. The Balaban J connectivity index is 2.07. The van der Waals surface area contributed by atoms with E-state index in [1.807, 2.05) is 0 Å². The molecule has 3 nitrogen and oxygen atoms in total. The number of rotatable bonds is 4. The Morgan fingerprint density at radius 1 is 1.35 bits per heavy atom. The summed E-state index contributed by atoms with van der Waals surface area (Å²) in [6.07, 6.45) is 2.70. The van der Waals surface area contributed by atoms with E-state index in [0.717, 1.165) is 6.54 Å². The SMILES string of the molecule is CCN1CCN(C(C)(CN)C2(C)CC2)CC1C. The maximum Gasteiger partial charge on any atom is 0.0358 e. The lowest BCUT2D eigenvalue weighted by molar-refractivity contribution is -0.0152. The molecule has 2 aliphatic rings. The average molecular weight is 239 g/mol. The third-order valence-corrected chi connectivity index (χ3v) is 5.57. The standard InChI is InChI=1S/C14H29N3/c1-5-16-8-9-17(10-12(16)2)14(4,11-15)13(3)6-7-13/h12H,5-11,15H2,1-4H3. The van der Waals surface area contributed by atoms with E-state index >= 15 is 0 Å². The Bertz CT molecular complexity index is 275. The Hall–Kier alpha value is -0.120. The van der Waals surface area contributed by atoms with E-state index in [9.17, 15) is 0 Å². The highest BCUT2D eigenvalue weighted by molar-refractivity contribution is 5.10. The van der Waals surface area contributed by atoms with Crippen LogP contribution in [-0.2, 0) is 0 Å². The van der Waals surface area contributed by atoms with Crippen LogP contribution >= 0.6 is 0 Å². The van der Waals surface area contributed by atoms with Gasteiger partial charge in [0.25, 0.3) is 0 Å². The summed E-state index contributed by atoms with van der Waals surface area (Å²) in [5.41, 5.74) is 6.80. The zero-order chi connectivity index (χ0) is 12.7. The van der Waals surface area contributed by atoms with E-state index in [-0.39, 0.29) is 5.54 Å². The number of nitrogens with two attached hydrogens (primary N) is 1. The molecule has 2 atom stereocenters. The van der Waals surface area contributed by atoms with Crippen LogP contribution in [0.25, 0.3) is 0 Å². The molecule has 100 valence electrons. The summed E-state index contributed by atoms with van der Waals surface area (Å²) in [6, 6.07) is 0.668. The van der Waals surface area contributed by atoms with E-state index in [1.165, 1.54) is 39.0 Å². The molecule has 2 fully saturated rings. The van der Waals surface area contributed by atoms with Crippen molar-refractivity contribution in [3.63, 3.8) is 0 Å². The van der Waals surface area contributed by atoms with Gasteiger partial charge in [-0.3, -0.25) is 9.80 Å². The molecule has 0 bridgehead atoms. The molecule has 0 aromatic rings. The van der Waals surface area contributed by atoms with Crippen LogP contribution in [-0.4, -0.2) is 54.1 Å². The Kier molecular flexibility index (Phi) is 3.54. The van der Waals surface area contributed by atoms with E-state index in [1.54, 1.807) is 0 Å². The van der Waals surface area contributed by atoms with Gasteiger partial charge >= 0.3 is 0 Å². The molecule has 1 aliphatic heterocycles. The van der Waals surface area contributed by atoms with Crippen molar-refractivity contribution in [1.29, 1.82) is 0 Å². The summed E-state index contributed by atoms with van der Waals surface area (Å²) >= 11 is 0. The van der Waals surface area contributed by atoms with E-state index in [2.05, 4.69) is 37.5 Å². The second kappa shape index (κ2) is 4.52. The third-order valence-electron chi connectivity index (χ3n) is 5.57. The van der Waals surface area contributed by atoms with Crippen LogP contribution in [0.5, 0.6) is 0 Å². The fourth-order valence-electron chi connectivity index (χ4n) is 3.40. The first-order valence-electron chi connectivity index (χ1n) is 7.16. The van der Waals surface area contributed by atoms with Crippen molar-refractivity contribution < 1.29 is 0 Å². The molecule has 0 aromatic heterocycles. The zero-order valence-electron chi connectivity index (χ0n) is 12.0. The van der Waals surface area contributed by atoms with Gasteiger partial charge in [0, 0.05) is 37.8 Å². The molecule has 0 spiro atoms. The summed E-state index contributed by atoms with van der Waals surface area (Å²) in [7, 11) is 0. The number of nitrogens with zero attached hydrogens (tertiary/aromatic N) is 2. The smallest absolute Gasteiger partial charge is 0.0358 e. The van der Waals surface area contributed by atoms with Gasteiger partial charge in [0.05, 0.1) is 0 Å². The largest absolute Gasteiger partial charge is 0.329 e. The van der Waals surface area contributed by atoms with E-state index in [0.29, 0.717) is 11.5 Å². The zero-order valence-corrected chi connectivity index (χ0v) is 12.0. The monoisotopic (exact) mass is 239 g/mol. The molecule has 0 radical (unpaired) electrons. The summed E-state index contributed by atoms with van der Waals surface area (Å²) < 4.78 is 0. The normalized spacial score (nSPS) is 33.4. The highest BCUT2D eigenvalue weighted by Crippen LogP contribution is 2.55. The van der Waals surface area contributed by atoms with Gasteiger partial charge in [0.15, 0.2) is 0 Å². The van der Waals surface area contributed by atoms with Gasteiger partial charge in [0.2, 0.25) is 0 Å². The molecule has 17 heavy (non-hydrogen) atoms. The minimum Gasteiger partial charge on any atom is -0.329 e. The molecular formula is C14H29N3. The highest BCUT2D eigenvalue weighted by atomic mass is 15.3. The number of piperazine rings is 1. The fourth-order valence-corrected chi connectivity index (χ4v) is 3.40. The lowest BCUT2D eigenvalue weighted by Crippen LogP contribution is -2.64. The molecule has 1 saturated carbocycles. The van der Waals surface area contributed by atoms with Crippen LogP contribution in [0.2, 0.25) is 0 Å². The fraction of sp³-hybridized carbons (Fsp3) is 1.00. The first-order chi connectivity index (χ1) is 7.97. The molecule has 1 aliphatic carbocycles. The van der Waals surface area contributed by atoms with Crippen LogP contribution in [0.3, 0.4) is 0 Å². The van der Waals surface area contributed by atoms with Crippen LogP contribution in [0.1, 0.15) is 40.5 Å². The van der Waals surface area contributed by atoms with Crippen molar-refractivity contribution in [2.75, 3.05) is 32.7 Å². The van der Waals surface area contributed by atoms with Crippen molar-refractivity contribution in [2.24, 2.45) is 11.1 Å². The van der Waals surface area contributed by atoms with Crippen molar-refractivity contribution >= 4 is 0 Å². The number of hydrogen-bond acceptors (Lipinski definition) is 3. The minimum atomic E-state index is 0.209. The van der Waals surface area contributed by atoms with Crippen molar-refractivity contribution in [3.05, 3.63) is 0 Å². The first kappa shape index (κ1) is 13.3. The Morgan fingerprint density at radius 2 is 2.00 bits per heavy atom. The lowest BCUT2D eigenvalue weighted by Gasteiger charge is -2.51. The van der Waals surface area contributed by atoms with Gasteiger partial charge in [-0.2, -0.15) is 0 Å². The second-order valence-corrected chi connectivity index (χ2v) is 6.46. The van der Waals surface area contributed by atoms with Gasteiger partial charge in [-0.05, 0) is 38.6 Å². The average Bonchev–Trinajstić information content (AvgIpc) is 3.07. The number of likely N-dealkylation sites (N-methyl/N-ethyl adjacent to an activating group) is 1. The minimum absolute atomic E-state index is 0.209. The van der Waals surface area contributed by atoms with Gasteiger partial charge in [-0.15, -0.1) is 0 Å². The molecule has 1 saturated heterocycles. The maximum absolute atomic E-state index is 6.12. The van der Waals surface area contributed by atoms with Crippen LogP contribution in [0.15, 0.2) is 0 Å². The van der Waals surface area contributed by atoms with Crippen LogP contribution in [0.4, 0.5) is 0 Å². The lowest BCUT2D eigenvalue weighted by atomic mass is 9.81. The summed E-state index contributed by atoms with van der Waals surface area (Å²) in [5.74, 6) is 0. The first-order valence-corrected chi connectivity index (χ1v) is 7.16. The van der Waals surface area contributed by atoms with Gasteiger partial charge < -0.3 is 5.73 Å². The predicted molar refractivity (Wildman–Crippen MR) is 73.1 cm³/mol. The number of hydrogen-bond donors (Lipinski definition) is 1. The van der Waals surface area contributed by atoms with Crippen molar-refractivity contribution in [1.82, 2.24) is 9.80 Å². The summed E-state index contributed by atoms with van der Waals surface area (Å²) in [6.45, 7) is 14.9. The quantitative estimate of drug-likeness (QED) is 0.807. The Labute approximate surface area is 106 Å². The van der Waals surface area contributed by atoms with Gasteiger partial charge in [0.1, 0.15) is 0 Å². The molecule has 3 heteroatoms. The molecule has 0 amide bonds. The Morgan fingerprint density at radius 3 is 2.41 bits per heavy atom. The third kappa shape index (κ3) is 2.13. The topological polar surface area (TPSA) is 32.5 Å². The van der Waals surface area contributed by atoms with Crippen LogP contribution in [0, 0.1) is 5.41 Å². The maximum atomic E-state index is 6.12. The highest BCUT2D eigenvalue weighted by Gasteiger charge is 2.55. The predicted octanol–water partition coefficient (Wildman–Crippen LogP) is 1.53. The molecule has 2 unspecified atom stereocenters.